The fourth-order valence-electron chi connectivity index (χ4n) is 0.688. The van der Waals surface area contributed by atoms with Crippen LogP contribution < -0.4 is 5.32 Å². The third kappa shape index (κ3) is 1.46. The minimum atomic E-state index is 0.787. The van der Waals surface area contributed by atoms with Crippen molar-refractivity contribution in [2.24, 2.45) is 0 Å². The highest BCUT2D eigenvalue weighted by Crippen LogP contribution is 2.04. The summed E-state index contributed by atoms with van der Waals surface area (Å²) in [7, 11) is 0. The third-order valence-corrected chi connectivity index (χ3v) is 1.10. The Bertz CT molecular complexity index is 262. The standard InChI is InChI=1S/C7H7N3/c1-6-4-7(10-5-8)2-3-9-6/h2-4H,1H3,(H,9,10). The number of nitrogens with one attached hydrogen (secondary N) is 1. The Balaban J connectivity index is 2.87. The van der Waals surface area contributed by atoms with Gasteiger partial charge >= 0.3 is 0 Å². The van der Waals surface area contributed by atoms with E-state index in [9.17, 15) is 0 Å². The Morgan fingerprint density at radius 3 is 3.10 bits per heavy atom. The highest BCUT2D eigenvalue weighted by atomic mass is 14.9. The number of nitriles is 1. The van der Waals surface area contributed by atoms with E-state index < -0.39 is 0 Å². The monoisotopic (exact) mass is 133 g/mol. The number of hydrogen-bond acceptors (Lipinski definition) is 3. The van der Waals surface area contributed by atoms with Gasteiger partial charge in [0.25, 0.3) is 0 Å². The van der Waals surface area contributed by atoms with Crippen molar-refractivity contribution < 1.29 is 0 Å². The Kier molecular flexibility index (Phi) is 1.86. The van der Waals surface area contributed by atoms with Gasteiger partial charge in [0.1, 0.15) is 0 Å². The molecule has 0 aliphatic heterocycles. The van der Waals surface area contributed by atoms with Crippen LogP contribution in [-0.4, -0.2) is 4.98 Å². The Morgan fingerprint density at radius 2 is 2.50 bits per heavy atom. The molecule has 1 aromatic heterocycles. The molecule has 0 aliphatic carbocycles. The second-order valence-corrected chi connectivity index (χ2v) is 1.92. The molecule has 0 amide bonds. The van der Waals surface area contributed by atoms with Gasteiger partial charge in [0, 0.05) is 11.9 Å². The predicted octanol–water partition coefficient (Wildman–Crippen LogP) is 1.28. The molecule has 0 unspecified atom stereocenters. The topological polar surface area (TPSA) is 48.7 Å². The second-order valence-electron chi connectivity index (χ2n) is 1.92. The fraction of sp³-hybridized carbons (Fsp3) is 0.143. The first-order chi connectivity index (χ1) is 4.83. The van der Waals surface area contributed by atoms with Crippen LogP contribution in [0.1, 0.15) is 5.69 Å². The van der Waals surface area contributed by atoms with Crippen LogP contribution >= 0.6 is 0 Å². The lowest BCUT2D eigenvalue weighted by Crippen LogP contribution is -1.88. The zero-order valence-electron chi connectivity index (χ0n) is 5.63. The quantitative estimate of drug-likeness (QED) is 0.463. The van der Waals surface area contributed by atoms with E-state index in [1.807, 2.05) is 19.2 Å². The van der Waals surface area contributed by atoms with E-state index in [1.54, 1.807) is 12.3 Å². The van der Waals surface area contributed by atoms with Crippen LogP contribution in [0.15, 0.2) is 18.3 Å². The van der Waals surface area contributed by atoms with Crippen LogP contribution in [0.5, 0.6) is 0 Å². The number of aromatic nitrogens is 1. The van der Waals surface area contributed by atoms with Gasteiger partial charge in [-0.3, -0.25) is 10.3 Å². The molecule has 0 atom stereocenters. The van der Waals surface area contributed by atoms with Gasteiger partial charge in [0.05, 0.1) is 5.69 Å². The zero-order chi connectivity index (χ0) is 7.40. The molecule has 50 valence electrons. The first-order valence-electron chi connectivity index (χ1n) is 2.90. The number of rotatable bonds is 1. The van der Waals surface area contributed by atoms with Crippen LogP contribution in [0.4, 0.5) is 5.69 Å². The minimum absolute atomic E-state index is 0.787. The molecule has 0 spiro atoms. The molecule has 0 radical (unpaired) electrons. The predicted molar refractivity (Wildman–Crippen MR) is 38.2 cm³/mol. The van der Waals surface area contributed by atoms with E-state index in [0.717, 1.165) is 11.4 Å². The normalized spacial score (nSPS) is 8.40. The van der Waals surface area contributed by atoms with Crippen molar-refractivity contribution in [3.8, 4) is 6.19 Å². The van der Waals surface area contributed by atoms with E-state index in [2.05, 4.69) is 10.3 Å². The van der Waals surface area contributed by atoms with Crippen molar-refractivity contribution in [2.45, 2.75) is 6.92 Å². The summed E-state index contributed by atoms with van der Waals surface area (Å²) in [5.41, 5.74) is 1.69. The minimum Gasteiger partial charge on any atom is -0.293 e. The Hall–Kier alpha value is -1.56. The number of aryl methyl sites for hydroxylation is 1. The molecule has 3 nitrogen and oxygen atoms in total. The molecule has 0 bridgehead atoms. The molecule has 0 aliphatic rings. The highest BCUT2D eigenvalue weighted by Gasteiger charge is 1.88. The lowest BCUT2D eigenvalue weighted by molar-refractivity contribution is 1.20. The van der Waals surface area contributed by atoms with Crippen LogP contribution in [0.2, 0.25) is 0 Å². The van der Waals surface area contributed by atoms with Crippen molar-refractivity contribution in [1.29, 1.82) is 5.26 Å². The van der Waals surface area contributed by atoms with E-state index in [4.69, 9.17) is 5.26 Å². The van der Waals surface area contributed by atoms with E-state index in [0.29, 0.717) is 0 Å². The number of pyridine rings is 1. The van der Waals surface area contributed by atoms with E-state index in [1.165, 1.54) is 0 Å². The number of hydrogen-bond donors (Lipinski definition) is 1. The molecule has 10 heavy (non-hydrogen) atoms. The second kappa shape index (κ2) is 2.83. The van der Waals surface area contributed by atoms with Crippen LogP contribution in [0.25, 0.3) is 0 Å². The van der Waals surface area contributed by atoms with Crippen molar-refractivity contribution in [2.75, 3.05) is 5.32 Å². The van der Waals surface area contributed by atoms with Gasteiger partial charge in [-0.1, -0.05) is 0 Å². The van der Waals surface area contributed by atoms with Crippen LogP contribution in [0, 0.1) is 18.4 Å². The number of anilines is 1. The lowest BCUT2D eigenvalue weighted by atomic mass is 10.3. The summed E-state index contributed by atoms with van der Waals surface area (Å²) in [5.74, 6) is 0. The SMILES string of the molecule is Cc1cc(NC#N)ccn1. The van der Waals surface area contributed by atoms with Gasteiger partial charge in [-0.05, 0) is 19.1 Å². The summed E-state index contributed by atoms with van der Waals surface area (Å²) in [4.78, 5) is 3.97. The molecule has 0 saturated heterocycles. The van der Waals surface area contributed by atoms with Crippen molar-refractivity contribution in [3.05, 3.63) is 24.0 Å². The van der Waals surface area contributed by atoms with Crippen molar-refractivity contribution in [1.82, 2.24) is 4.98 Å². The third-order valence-electron chi connectivity index (χ3n) is 1.10. The molecule has 0 fully saturated rings. The Morgan fingerprint density at radius 1 is 1.70 bits per heavy atom. The summed E-state index contributed by atoms with van der Waals surface area (Å²) in [6.45, 7) is 1.88. The largest absolute Gasteiger partial charge is 0.293 e. The maximum Gasteiger partial charge on any atom is 0.181 e. The fourth-order valence-corrected chi connectivity index (χ4v) is 0.688. The summed E-state index contributed by atoms with van der Waals surface area (Å²) in [6.07, 6.45) is 3.50. The average Bonchev–Trinajstić information content (AvgIpc) is 1.88. The smallest absolute Gasteiger partial charge is 0.181 e. The highest BCUT2D eigenvalue weighted by molar-refractivity contribution is 5.45. The van der Waals surface area contributed by atoms with Gasteiger partial charge in [-0.25, -0.2) is 0 Å². The van der Waals surface area contributed by atoms with E-state index in [-0.39, 0.29) is 0 Å². The van der Waals surface area contributed by atoms with Crippen molar-refractivity contribution >= 4 is 5.69 Å². The summed E-state index contributed by atoms with van der Waals surface area (Å²) in [6, 6.07) is 3.56. The van der Waals surface area contributed by atoms with Gasteiger partial charge < -0.3 is 0 Å². The molecule has 1 rings (SSSR count). The number of nitrogens with zero attached hydrogens (tertiary/aromatic N) is 2. The maximum atomic E-state index is 8.23. The molecule has 1 heterocycles. The Labute approximate surface area is 59.3 Å². The zero-order valence-corrected chi connectivity index (χ0v) is 5.63. The molecule has 3 heteroatoms. The maximum absolute atomic E-state index is 8.23. The van der Waals surface area contributed by atoms with E-state index >= 15 is 0 Å². The van der Waals surface area contributed by atoms with Crippen LogP contribution in [0.3, 0.4) is 0 Å². The molecule has 0 saturated carbocycles. The average molecular weight is 133 g/mol. The molecular formula is C7H7N3. The van der Waals surface area contributed by atoms with Gasteiger partial charge in [0.2, 0.25) is 0 Å². The van der Waals surface area contributed by atoms with Gasteiger partial charge in [0.15, 0.2) is 6.19 Å². The van der Waals surface area contributed by atoms with Gasteiger partial charge in [-0.2, -0.15) is 5.26 Å². The molecule has 1 N–H and O–H groups in total. The first kappa shape index (κ1) is 6.56. The van der Waals surface area contributed by atoms with Crippen molar-refractivity contribution in [3.63, 3.8) is 0 Å². The summed E-state index contributed by atoms with van der Waals surface area (Å²) in [5, 5.41) is 10.7. The molecular weight excluding hydrogens is 126 g/mol. The van der Waals surface area contributed by atoms with Crippen LogP contribution in [-0.2, 0) is 0 Å². The first-order valence-corrected chi connectivity index (χ1v) is 2.90. The molecule has 1 aromatic rings. The summed E-state index contributed by atoms with van der Waals surface area (Å²) < 4.78 is 0. The van der Waals surface area contributed by atoms with Gasteiger partial charge in [-0.15, -0.1) is 0 Å². The summed E-state index contributed by atoms with van der Waals surface area (Å²) >= 11 is 0. The molecule has 0 aromatic carbocycles. The lowest BCUT2D eigenvalue weighted by Gasteiger charge is -1.95.